The molecule has 0 aliphatic carbocycles. The fourth-order valence-corrected chi connectivity index (χ4v) is 4.54. The Balaban J connectivity index is 1.34. The number of nitrogens with zero attached hydrogens (tertiary/aromatic N) is 2. The van der Waals surface area contributed by atoms with Crippen LogP contribution in [0.5, 0.6) is 0 Å². The highest BCUT2D eigenvalue weighted by Gasteiger charge is 2.35. The van der Waals surface area contributed by atoms with Crippen LogP contribution in [0.1, 0.15) is 28.8 Å². The zero-order valence-corrected chi connectivity index (χ0v) is 20.0. The number of halogens is 1. The number of cyclic esters (lactones) is 1. The number of ether oxygens (including phenoxy) is 2. The lowest BCUT2D eigenvalue weighted by Gasteiger charge is -2.32. The average Bonchev–Trinajstić information content (AvgIpc) is 3.22. The van der Waals surface area contributed by atoms with Crippen LogP contribution in [-0.2, 0) is 20.7 Å². The molecular formula is C25H28FN3O5S. The van der Waals surface area contributed by atoms with Crippen LogP contribution >= 0.6 is 12.6 Å². The largest absolute Gasteiger partial charge is 0.444 e. The molecule has 2 aromatic rings. The van der Waals surface area contributed by atoms with Crippen LogP contribution in [0.4, 0.5) is 20.6 Å². The second-order valence-corrected chi connectivity index (χ2v) is 9.12. The number of aryl methyl sites for hydroxylation is 1. The first-order valence-electron chi connectivity index (χ1n) is 11.5. The van der Waals surface area contributed by atoms with Gasteiger partial charge in [0.1, 0.15) is 6.10 Å². The Morgan fingerprint density at radius 1 is 1.11 bits per heavy atom. The summed E-state index contributed by atoms with van der Waals surface area (Å²) in [5, 5.41) is -0.304. The number of amides is 2. The van der Waals surface area contributed by atoms with Crippen molar-refractivity contribution in [3.63, 3.8) is 0 Å². The van der Waals surface area contributed by atoms with Crippen LogP contribution < -0.4 is 15.5 Å². The third-order valence-electron chi connectivity index (χ3n) is 6.37. The van der Waals surface area contributed by atoms with E-state index in [1.54, 1.807) is 41.3 Å². The van der Waals surface area contributed by atoms with Crippen LogP contribution in [0.3, 0.4) is 0 Å². The summed E-state index contributed by atoms with van der Waals surface area (Å²) in [4.78, 5) is 39.0. The van der Waals surface area contributed by atoms with Crippen molar-refractivity contribution in [3.05, 3.63) is 59.7 Å². The molecule has 0 spiro atoms. The summed E-state index contributed by atoms with van der Waals surface area (Å²) in [7, 11) is 0. The van der Waals surface area contributed by atoms with Crippen LogP contribution in [0, 0.1) is 5.92 Å². The van der Waals surface area contributed by atoms with Crippen molar-refractivity contribution in [2.24, 2.45) is 11.7 Å². The van der Waals surface area contributed by atoms with E-state index in [0.717, 1.165) is 5.56 Å². The van der Waals surface area contributed by atoms with Gasteiger partial charge in [0.2, 0.25) is 11.0 Å². The number of morpholine rings is 1. The number of thiol groups is 1. The summed E-state index contributed by atoms with van der Waals surface area (Å²) >= 11 is 3.80. The molecule has 3 atom stereocenters. The summed E-state index contributed by atoms with van der Waals surface area (Å²) in [6.45, 7) is 1.25. The predicted molar refractivity (Wildman–Crippen MR) is 132 cm³/mol. The number of rotatable bonds is 9. The summed E-state index contributed by atoms with van der Waals surface area (Å²) in [5.41, 5.74) is 8.46. The minimum Gasteiger partial charge on any atom is -0.444 e. The number of carbonyl (C=O) groups is 3. The van der Waals surface area contributed by atoms with Crippen molar-refractivity contribution in [2.45, 2.75) is 31.7 Å². The maximum Gasteiger partial charge on any atom is 0.414 e. The van der Waals surface area contributed by atoms with E-state index in [1.807, 2.05) is 12.1 Å². The van der Waals surface area contributed by atoms with Crippen LogP contribution in [0.2, 0.25) is 0 Å². The number of hydrogen-bond acceptors (Lipinski definition) is 6. The Morgan fingerprint density at radius 2 is 1.80 bits per heavy atom. The molecular weight excluding hydrogens is 473 g/mol. The van der Waals surface area contributed by atoms with Crippen molar-refractivity contribution in [1.82, 2.24) is 0 Å². The highest BCUT2D eigenvalue weighted by atomic mass is 32.1. The van der Waals surface area contributed by atoms with E-state index in [2.05, 4.69) is 12.6 Å². The van der Waals surface area contributed by atoms with Gasteiger partial charge in [-0.2, -0.15) is 0 Å². The van der Waals surface area contributed by atoms with Gasteiger partial charge >= 0.3 is 6.09 Å². The molecule has 2 fully saturated rings. The fourth-order valence-electron chi connectivity index (χ4n) is 4.39. The van der Waals surface area contributed by atoms with E-state index in [-0.39, 0.29) is 11.7 Å². The van der Waals surface area contributed by atoms with E-state index in [0.29, 0.717) is 55.9 Å². The van der Waals surface area contributed by atoms with E-state index in [4.69, 9.17) is 15.2 Å². The van der Waals surface area contributed by atoms with Crippen molar-refractivity contribution in [3.8, 4) is 0 Å². The van der Waals surface area contributed by atoms with Crippen molar-refractivity contribution in [2.75, 3.05) is 36.1 Å². The van der Waals surface area contributed by atoms with Crippen molar-refractivity contribution < 1.29 is 28.2 Å². The van der Waals surface area contributed by atoms with Crippen molar-refractivity contribution >= 4 is 41.1 Å². The number of primary amides is 1. The summed E-state index contributed by atoms with van der Waals surface area (Å²) in [6, 6.07) is 14.1. The van der Waals surface area contributed by atoms with Gasteiger partial charge in [0.05, 0.1) is 19.8 Å². The van der Waals surface area contributed by atoms with E-state index >= 15 is 0 Å². The average molecular weight is 502 g/mol. The third-order valence-corrected chi connectivity index (χ3v) is 6.63. The van der Waals surface area contributed by atoms with Crippen molar-refractivity contribution in [1.29, 1.82) is 0 Å². The van der Waals surface area contributed by atoms with Crippen LogP contribution in [-0.4, -0.2) is 55.8 Å². The van der Waals surface area contributed by atoms with E-state index in [1.165, 1.54) is 4.90 Å². The Labute approximate surface area is 208 Å². The summed E-state index contributed by atoms with van der Waals surface area (Å²) in [6.07, 6.45) is -0.760. The number of hydrogen-bond donors (Lipinski definition) is 2. The Kier molecular flexibility index (Phi) is 7.92. The highest BCUT2D eigenvalue weighted by molar-refractivity contribution is 7.97. The molecule has 0 radical (unpaired) electrons. The lowest BCUT2D eigenvalue weighted by Crippen LogP contribution is -2.42. The molecule has 2 N–H and O–H groups in total. The van der Waals surface area contributed by atoms with Gasteiger partial charge in [-0.3, -0.25) is 14.5 Å². The normalized spacial score (nSPS) is 21.0. The first kappa shape index (κ1) is 25.0. The van der Waals surface area contributed by atoms with Gasteiger partial charge in [-0.05, 0) is 49.1 Å². The first-order valence-corrected chi connectivity index (χ1v) is 11.9. The van der Waals surface area contributed by atoms with Gasteiger partial charge < -0.3 is 20.1 Å². The molecule has 3 unspecified atom stereocenters. The fraction of sp³-hybridized carbons (Fsp3) is 0.400. The zero-order valence-electron chi connectivity index (χ0n) is 19.1. The molecule has 2 aromatic carbocycles. The lowest BCUT2D eigenvalue weighted by atomic mass is 9.93. The van der Waals surface area contributed by atoms with E-state index in [9.17, 15) is 18.8 Å². The monoisotopic (exact) mass is 501 g/mol. The molecule has 186 valence electrons. The van der Waals surface area contributed by atoms with E-state index < -0.39 is 30.3 Å². The van der Waals surface area contributed by atoms with Crippen LogP contribution in [0.15, 0.2) is 48.5 Å². The molecule has 0 aromatic heterocycles. The topological polar surface area (TPSA) is 102 Å². The minimum atomic E-state index is -1.20. The lowest BCUT2D eigenvalue weighted by molar-refractivity contribution is -0.122. The highest BCUT2D eigenvalue weighted by Crippen LogP contribution is 2.29. The molecule has 10 heteroatoms. The van der Waals surface area contributed by atoms with Gasteiger partial charge in [0.15, 0.2) is 6.30 Å². The molecule has 2 aliphatic heterocycles. The molecule has 8 nitrogen and oxygen atoms in total. The smallest absolute Gasteiger partial charge is 0.414 e. The number of carbonyl (C=O) groups excluding carboxylic acids is 3. The Hall–Kier alpha value is -3.11. The second kappa shape index (κ2) is 11.1. The third kappa shape index (κ3) is 6.12. The molecule has 4 rings (SSSR count). The zero-order chi connectivity index (χ0) is 24.9. The van der Waals surface area contributed by atoms with Gasteiger partial charge in [-0.25, -0.2) is 9.18 Å². The molecule has 2 aliphatic rings. The molecule has 35 heavy (non-hydrogen) atoms. The first-order chi connectivity index (χ1) is 16.8. The second-order valence-electron chi connectivity index (χ2n) is 8.71. The minimum absolute atomic E-state index is 0.0313. The van der Waals surface area contributed by atoms with Gasteiger partial charge in [-0.1, -0.05) is 24.3 Å². The number of anilines is 2. The van der Waals surface area contributed by atoms with Gasteiger partial charge in [-0.15, -0.1) is 12.6 Å². The standard InChI is InChI=1S/C25H28FN3O5S/c26-22-15-33-12-11-28(22)19-7-9-20(10-8-19)29-14-21(34-25(29)32)13-18(23(27)30)6-3-16-1-4-17(5-2-16)24(31)35/h1-2,4-5,7-10,18,21-22H,3,6,11-15H2,(H2,27,30)(H,31,35). The van der Waals surface area contributed by atoms with Gasteiger partial charge in [0, 0.05) is 29.4 Å². The molecule has 2 amide bonds. The quantitative estimate of drug-likeness (QED) is 0.404. The maximum atomic E-state index is 14.1. The predicted octanol–water partition coefficient (Wildman–Crippen LogP) is 3.34. The van der Waals surface area contributed by atoms with Gasteiger partial charge in [0.25, 0.3) is 0 Å². The number of benzene rings is 2. The summed E-state index contributed by atoms with van der Waals surface area (Å²) < 4.78 is 24.8. The number of alkyl halides is 1. The summed E-state index contributed by atoms with van der Waals surface area (Å²) in [5.74, 6) is -0.915. The number of nitrogens with two attached hydrogens (primary N) is 1. The SMILES string of the molecule is NC(=O)C(CCc1ccc(C(=O)S)cc1)CC1CN(c2ccc(N3CCOCC3F)cc2)C(=O)O1. The molecule has 2 saturated heterocycles. The van der Waals surface area contributed by atoms with Crippen LogP contribution in [0.25, 0.3) is 0 Å². The Morgan fingerprint density at radius 3 is 2.43 bits per heavy atom. The molecule has 0 bridgehead atoms. The molecule has 0 saturated carbocycles. The maximum absolute atomic E-state index is 14.1. The Bertz CT molecular complexity index is 1070. The molecule has 2 heterocycles.